The number of thiocarbonyl (C=S) groups is 1. The minimum absolute atomic E-state index is 0.745. The van der Waals surface area contributed by atoms with Gasteiger partial charge < -0.3 is 10.2 Å². The molecule has 30 heavy (non-hydrogen) atoms. The Morgan fingerprint density at radius 2 is 1.77 bits per heavy atom. The molecule has 1 aliphatic heterocycles. The predicted octanol–water partition coefficient (Wildman–Crippen LogP) is 4.41. The van der Waals surface area contributed by atoms with Crippen LogP contribution in [0.25, 0.3) is 0 Å². The number of hydrogen-bond acceptors (Lipinski definition) is 3. The van der Waals surface area contributed by atoms with Gasteiger partial charge in [0.1, 0.15) is 0 Å². The summed E-state index contributed by atoms with van der Waals surface area (Å²) in [5.74, 6) is 0. The Labute approximate surface area is 188 Å². The van der Waals surface area contributed by atoms with Crippen molar-refractivity contribution in [3.63, 3.8) is 0 Å². The Kier molecular flexibility index (Phi) is 6.67. The smallest absolute Gasteiger partial charge is 0.173 e. The molecule has 5 nitrogen and oxygen atoms in total. The Bertz CT molecular complexity index is 993. The van der Waals surface area contributed by atoms with Gasteiger partial charge in [0, 0.05) is 43.9 Å². The third-order valence-corrected chi connectivity index (χ3v) is 6.09. The maximum atomic E-state index is 6.30. The zero-order valence-electron chi connectivity index (χ0n) is 17.1. The van der Waals surface area contributed by atoms with E-state index in [1.165, 1.54) is 16.7 Å². The Hall–Kier alpha value is -2.41. The van der Waals surface area contributed by atoms with Crippen molar-refractivity contribution in [3.05, 3.63) is 82.6 Å². The van der Waals surface area contributed by atoms with E-state index < -0.39 is 0 Å². The van der Waals surface area contributed by atoms with Gasteiger partial charge in [0.15, 0.2) is 5.11 Å². The van der Waals surface area contributed by atoms with Crippen LogP contribution in [0.5, 0.6) is 0 Å². The van der Waals surface area contributed by atoms with Gasteiger partial charge in [0.05, 0.1) is 18.4 Å². The monoisotopic (exact) mass is 439 g/mol. The third kappa shape index (κ3) is 5.39. The fourth-order valence-electron chi connectivity index (χ4n) is 3.57. The summed E-state index contributed by atoms with van der Waals surface area (Å²) in [6.07, 6.45) is 3.83. The number of rotatable bonds is 5. The first kappa shape index (κ1) is 20.8. The van der Waals surface area contributed by atoms with Crippen molar-refractivity contribution >= 4 is 34.6 Å². The van der Waals surface area contributed by atoms with Gasteiger partial charge in [-0.3, -0.25) is 9.58 Å². The van der Waals surface area contributed by atoms with Gasteiger partial charge >= 0.3 is 0 Å². The number of nitrogens with zero attached hydrogens (tertiary/aromatic N) is 4. The van der Waals surface area contributed by atoms with E-state index in [9.17, 15) is 0 Å². The molecule has 0 aliphatic carbocycles. The van der Waals surface area contributed by atoms with E-state index in [1.807, 2.05) is 35.3 Å². The van der Waals surface area contributed by atoms with Gasteiger partial charge in [-0.25, -0.2) is 0 Å². The number of anilines is 1. The number of nitrogens with one attached hydrogen (secondary N) is 1. The van der Waals surface area contributed by atoms with Crippen molar-refractivity contribution in [3.8, 4) is 0 Å². The van der Waals surface area contributed by atoms with Gasteiger partial charge in [-0.2, -0.15) is 5.10 Å². The molecule has 0 unspecified atom stereocenters. The summed E-state index contributed by atoms with van der Waals surface area (Å²) in [7, 11) is 0. The lowest BCUT2D eigenvalue weighted by Crippen LogP contribution is -2.49. The third-order valence-electron chi connectivity index (χ3n) is 5.36. The van der Waals surface area contributed by atoms with E-state index in [4.69, 9.17) is 23.8 Å². The predicted molar refractivity (Wildman–Crippen MR) is 127 cm³/mol. The molecule has 2 heterocycles. The maximum Gasteiger partial charge on any atom is 0.173 e. The molecule has 0 saturated carbocycles. The number of benzene rings is 2. The minimum atomic E-state index is 0.745. The second-order valence-corrected chi connectivity index (χ2v) is 8.49. The first-order chi connectivity index (χ1) is 14.6. The number of halogens is 1. The van der Waals surface area contributed by atoms with Crippen LogP contribution < -0.4 is 5.32 Å². The molecular weight excluding hydrogens is 414 g/mol. The first-order valence-electron chi connectivity index (χ1n) is 10.2. The number of aryl methyl sites for hydroxylation is 1. The highest BCUT2D eigenvalue weighted by Gasteiger charge is 2.20. The summed E-state index contributed by atoms with van der Waals surface area (Å²) >= 11 is 11.9. The zero-order chi connectivity index (χ0) is 20.9. The second-order valence-electron chi connectivity index (χ2n) is 7.70. The maximum absolute atomic E-state index is 6.30. The quantitative estimate of drug-likeness (QED) is 0.596. The molecule has 4 rings (SSSR count). The summed E-state index contributed by atoms with van der Waals surface area (Å²) in [4.78, 5) is 4.63. The summed E-state index contributed by atoms with van der Waals surface area (Å²) in [6.45, 7) is 7.42. The van der Waals surface area contributed by atoms with E-state index in [0.29, 0.717) is 0 Å². The van der Waals surface area contributed by atoms with E-state index >= 15 is 0 Å². The molecule has 0 atom stereocenters. The van der Waals surface area contributed by atoms with Crippen LogP contribution in [0.4, 0.5) is 5.69 Å². The number of aromatic nitrogens is 2. The molecule has 1 fully saturated rings. The van der Waals surface area contributed by atoms with Crippen molar-refractivity contribution in [1.82, 2.24) is 19.6 Å². The first-order valence-corrected chi connectivity index (χ1v) is 10.9. The van der Waals surface area contributed by atoms with Crippen molar-refractivity contribution in [2.45, 2.75) is 20.0 Å². The molecule has 1 saturated heterocycles. The second kappa shape index (κ2) is 9.60. The number of hydrogen-bond donors (Lipinski definition) is 1. The topological polar surface area (TPSA) is 36.3 Å². The van der Waals surface area contributed by atoms with Gasteiger partial charge in [-0.1, -0.05) is 59.6 Å². The molecule has 0 radical (unpaired) electrons. The standard InChI is InChI=1S/C23H26ClN5S/c1-18-6-8-19(9-7-18)15-29-17-21(14-25-29)26-23(30)28-12-10-27(11-13-28)16-20-4-2-3-5-22(20)24/h2-9,14,17H,10-13,15-16H2,1H3,(H,26,30). The lowest BCUT2D eigenvalue weighted by atomic mass is 10.1. The molecule has 0 amide bonds. The van der Waals surface area contributed by atoms with Crippen LogP contribution in [0.15, 0.2) is 60.9 Å². The molecule has 0 spiro atoms. The molecule has 7 heteroatoms. The average molecular weight is 440 g/mol. The van der Waals surface area contributed by atoms with Crippen LogP contribution in [-0.2, 0) is 13.1 Å². The molecular formula is C23H26ClN5S. The number of piperazine rings is 1. The van der Waals surface area contributed by atoms with E-state index in [0.717, 1.165) is 55.1 Å². The SMILES string of the molecule is Cc1ccc(Cn2cc(NC(=S)N3CCN(Cc4ccccc4Cl)CC3)cn2)cc1. The van der Waals surface area contributed by atoms with E-state index in [-0.39, 0.29) is 0 Å². The summed E-state index contributed by atoms with van der Waals surface area (Å²) in [6, 6.07) is 16.6. The van der Waals surface area contributed by atoms with Crippen LogP contribution in [-0.4, -0.2) is 50.9 Å². The van der Waals surface area contributed by atoms with Gasteiger partial charge in [-0.15, -0.1) is 0 Å². The van der Waals surface area contributed by atoms with Crippen LogP contribution in [0.1, 0.15) is 16.7 Å². The van der Waals surface area contributed by atoms with Crippen molar-refractivity contribution in [1.29, 1.82) is 0 Å². The van der Waals surface area contributed by atoms with Gasteiger partial charge in [0.2, 0.25) is 0 Å². The fraction of sp³-hybridized carbons (Fsp3) is 0.304. The molecule has 1 N–H and O–H groups in total. The van der Waals surface area contributed by atoms with Gasteiger partial charge in [0.25, 0.3) is 0 Å². The largest absolute Gasteiger partial charge is 0.346 e. The molecule has 2 aromatic carbocycles. The molecule has 156 valence electrons. The van der Waals surface area contributed by atoms with Crippen molar-refractivity contribution in [2.24, 2.45) is 0 Å². The van der Waals surface area contributed by atoms with Crippen LogP contribution in [0, 0.1) is 6.92 Å². The fourth-order valence-corrected chi connectivity index (χ4v) is 4.07. The van der Waals surface area contributed by atoms with Gasteiger partial charge in [-0.05, 0) is 36.3 Å². The highest BCUT2D eigenvalue weighted by molar-refractivity contribution is 7.80. The van der Waals surface area contributed by atoms with Crippen molar-refractivity contribution in [2.75, 3.05) is 31.5 Å². The normalized spacial score (nSPS) is 14.7. The average Bonchev–Trinajstić information content (AvgIpc) is 3.18. The lowest BCUT2D eigenvalue weighted by molar-refractivity contribution is 0.177. The molecule has 1 aliphatic rings. The molecule has 3 aromatic rings. The summed E-state index contributed by atoms with van der Waals surface area (Å²) < 4.78 is 1.93. The zero-order valence-corrected chi connectivity index (χ0v) is 18.7. The Morgan fingerprint density at radius 1 is 1.03 bits per heavy atom. The molecule has 1 aromatic heterocycles. The summed E-state index contributed by atoms with van der Waals surface area (Å²) in [5, 5.41) is 9.37. The Balaban J connectivity index is 1.26. The highest BCUT2D eigenvalue weighted by Crippen LogP contribution is 2.18. The van der Waals surface area contributed by atoms with E-state index in [1.54, 1.807) is 0 Å². The van der Waals surface area contributed by atoms with E-state index in [2.05, 4.69) is 57.5 Å². The minimum Gasteiger partial charge on any atom is -0.346 e. The van der Waals surface area contributed by atoms with Crippen molar-refractivity contribution < 1.29 is 0 Å². The van der Waals surface area contributed by atoms with Crippen LogP contribution >= 0.6 is 23.8 Å². The molecule has 0 bridgehead atoms. The van der Waals surface area contributed by atoms with Crippen LogP contribution in [0.2, 0.25) is 5.02 Å². The Morgan fingerprint density at radius 3 is 2.50 bits per heavy atom. The highest BCUT2D eigenvalue weighted by atomic mass is 35.5. The van der Waals surface area contributed by atoms with Crippen LogP contribution in [0.3, 0.4) is 0 Å². The lowest BCUT2D eigenvalue weighted by Gasteiger charge is -2.36. The summed E-state index contributed by atoms with van der Waals surface area (Å²) in [5.41, 5.74) is 4.59.